The molecule has 10 heteroatoms. The summed E-state index contributed by atoms with van der Waals surface area (Å²) in [5.74, 6) is 2.40. The van der Waals surface area contributed by atoms with Crippen LogP contribution in [-0.4, -0.2) is 78.3 Å². The molecule has 0 saturated carbocycles. The second-order valence-electron chi connectivity index (χ2n) is 10.8. The van der Waals surface area contributed by atoms with Gasteiger partial charge in [-0.05, 0) is 87.8 Å². The Morgan fingerprint density at radius 2 is 1.68 bits per heavy atom. The van der Waals surface area contributed by atoms with Crippen molar-refractivity contribution in [2.24, 2.45) is 0 Å². The molecule has 4 rings (SSSR count). The van der Waals surface area contributed by atoms with Crippen LogP contribution in [0.4, 0.5) is 5.69 Å². The van der Waals surface area contributed by atoms with Gasteiger partial charge in [0, 0.05) is 24.1 Å². The summed E-state index contributed by atoms with van der Waals surface area (Å²) in [4.78, 5) is 29.8. The number of rotatable bonds is 16. The van der Waals surface area contributed by atoms with Crippen LogP contribution in [0, 0.1) is 0 Å². The molecule has 0 aliphatic carbocycles. The maximum atomic E-state index is 14.1. The quantitative estimate of drug-likeness (QED) is 0.218. The van der Waals surface area contributed by atoms with Crippen molar-refractivity contribution in [1.82, 2.24) is 10.2 Å². The molecule has 1 atom stereocenters. The van der Waals surface area contributed by atoms with Crippen molar-refractivity contribution in [3.8, 4) is 23.0 Å². The highest BCUT2D eigenvalue weighted by atomic mass is 32.2. The van der Waals surface area contributed by atoms with Crippen LogP contribution in [-0.2, 0) is 20.9 Å². The molecule has 1 unspecified atom stereocenters. The van der Waals surface area contributed by atoms with Crippen LogP contribution in [0.15, 0.2) is 65.6 Å². The van der Waals surface area contributed by atoms with Gasteiger partial charge in [-0.3, -0.25) is 14.9 Å². The van der Waals surface area contributed by atoms with Crippen molar-refractivity contribution in [2.45, 2.75) is 36.0 Å². The van der Waals surface area contributed by atoms with E-state index >= 15 is 0 Å². The minimum atomic E-state index is -1.27. The SMILES string of the molecule is COc1ccc(OCCCCN(C)CCc2ccc(OC)c(OC)c2)c(C2(NCC(C)=O)Sc3ccccc3N(C)C2=O)c1. The molecule has 0 fully saturated rings. The maximum absolute atomic E-state index is 14.1. The van der Waals surface area contributed by atoms with Gasteiger partial charge in [0.2, 0.25) is 0 Å². The molecule has 1 N–H and O–H groups in total. The van der Waals surface area contributed by atoms with Crippen LogP contribution in [0.5, 0.6) is 23.0 Å². The normalized spacial score (nSPS) is 16.1. The van der Waals surface area contributed by atoms with Gasteiger partial charge in [-0.1, -0.05) is 30.0 Å². The Balaban J connectivity index is 1.43. The number of para-hydroxylation sites is 1. The first-order chi connectivity index (χ1) is 21.2. The van der Waals surface area contributed by atoms with E-state index in [0.717, 1.165) is 54.4 Å². The van der Waals surface area contributed by atoms with E-state index in [1.165, 1.54) is 24.2 Å². The van der Waals surface area contributed by atoms with Gasteiger partial charge in [-0.25, -0.2) is 0 Å². The lowest BCUT2D eigenvalue weighted by atomic mass is 10.0. The number of amides is 1. The molecular formula is C34H43N3O6S. The minimum absolute atomic E-state index is 0.0288. The third-order valence-corrected chi connectivity index (χ3v) is 9.08. The van der Waals surface area contributed by atoms with Gasteiger partial charge in [0.25, 0.3) is 5.91 Å². The number of carbonyl (C=O) groups excluding carboxylic acids is 2. The van der Waals surface area contributed by atoms with Gasteiger partial charge in [0.1, 0.15) is 17.3 Å². The van der Waals surface area contributed by atoms with Gasteiger partial charge < -0.3 is 28.7 Å². The Bertz CT molecular complexity index is 1450. The molecule has 0 bridgehead atoms. The number of thioether (sulfide) groups is 1. The lowest BCUT2D eigenvalue weighted by Gasteiger charge is -2.41. The molecule has 236 valence electrons. The summed E-state index contributed by atoms with van der Waals surface area (Å²) in [6, 6.07) is 19.3. The van der Waals surface area contributed by atoms with E-state index < -0.39 is 4.87 Å². The van der Waals surface area contributed by atoms with Crippen LogP contribution in [0.3, 0.4) is 0 Å². The molecule has 0 saturated heterocycles. The number of ketones is 1. The number of ether oxygens (including phenoxy) is 4. The number of benzene rings is 3. The molecule has 9 nitrogen and oxygen atoms in total. The van der Waals surface area contributed by atoms with Crippen LogP contribution in [0.2, 0.25) is 0 Å². The third kappa shape index (κ3) is 7.67. The summed E-state index contributed by atoms with van der Waals surface area (Å²) < 4.78 is 22.7. The first-order valence-electron chi connectivity index (χ1n) is 14.7. The molecule has 44 heavy (non-hydrogen) atoms. The smallest absolute Gasteiger partial charge is 0.262 e. The Hall–Kier alpha value is -3.73. The molecule has 1 amide bonds. The zero-order valence-electron chi connectivity index (χ0n) is 26.5. The second kappa shape index (κ2) is 15.3. The fraction of sp³-hybridized carbons (Fsp3) is 0.412. The molecule has 0 aromatic heterocycles. The van der Waals surface area contributed by atoms with Crippen molar-refractivity contribution in [3.05, 3.63) is 71.8 Å². The molecular weight excluding hydrogens is 578 g/mol. The van der Waals surface area contributed by atoms with Gasteiger partial charge in [0.05, 0.1) is 40.2 Å². The topological polar surface area (TPSA) is 89.6 Å². The first kappa shape index (κ1) is 33.2. The average molecular weight is 622 g/mol. The van der Waals surface area contributed by atoms with Crippen LogP contribution >= 0.6 is 11.8 Å². The van der Waals surface area contributed by atoms with E-state index in [-0.39, 0.29) is 18.2 Å². The fourth-order valence-corrected chi connectivity index (χ4v) is 6.60. The third-order valence-electron chi connectivity index (χ3n) is 7.67. The number of Topliss-reactive ketones (excluding diaryl/α,β-unsaturated/α-hetero) is 1. The average Bonchev–Trinajstić information content (AvgIpc) is 3.04. The zero-order chi connectivity index (χ0) is 31.7. The highest BCUT2D eigenvalue weighted by Gasteiger charge is 2.49. The number of methoxy groups -OCH3 is 3. The summed E-state index contributed by atoms with van der Waals surface area (Å²) in [5, 5.41) is 3.29. The Morgan fingerprint density at radius 1 is 0.932 bits per heavy atom. The standard InChI is InChI=1S/C34H43N3O6S/c1-24(38)23-35-34(33(39)37(3)28-11-7-8-12-32(28)44-34)27-22-26(40-4)14-16-29(27)43-20-10-9-18-36(2)19-17-25-13-15-30(41-5)31(21-25)42-6/h7-8,11-16,21-22,35H,9-10,17-20,23H2,1-6H3. The molecule has 1 aliphatic heterocycles. The number of nitrogens with zero attached hydrogens (tertiary/aromatic N) is 2. The van der Waals surface area contributed by atoms with Crippen molar-refractivity contribution in [1.29, 1.82) is 0 Å². The maximum Gasteiger partial charge on any atom is 0.262 e. The predicted molar refractivity (Wildman–Crippen MR) is 175 cm³/mol. The molecule has 3 aromatic carbocycles. The number of unbranched alkanes of at least 4 members (excludes halogenated alkanes) is 1. The number of anilines is 1. The lowest BCUT2D eigenvalue weighted by Crippen LogP contribution is -2.55. The van der Waals surface area contributed by atoms with E-state index in [9.17, 15) is 9.59 Å². The number of fused-ring (bicyclic) bond motifs is 1. The summed E-state index contributed by atoms with van der Waals surface area (Å²) in [5.41, 5.74) is 2.64. The Kier molecular flexibility index (Phi) is 11.5. The lowest BCUT2D eigenvalue weighted by molar-refractivity contribution is -0.122. The number of nitrogens with one attached hydrogen (secondary N) is 1. The minimum Gasteiger partial charge on any atom is -0.497 e. The summed E-state index contributed by atoms with van der Waals surface area (Å²) in [7, 11) is 8.76. The largest absolute Gasteiger partial charge is 0.497 e. The fourth-order valence-electron chi connectivity index (χ4n) is 5.17. The van der Waals surface area contributed by atoms with E-state index in [1.807, 2.05) is 54.6 Å². The summed E-state index contributed by atoms with van der Waals surface area (Å²) >= 11 is 1.39. The van der Waals surface area contributed by atoms with Crippen molar-refractivity contribution >= 4 is 29.1 Å². The van der Waals surface area contributed by atoms with E-state index in [4.69, 9.17) is 18.9 Å². The van der Waals surface area contributed by atoms with Crippen molar-refractivity contribution in [2.75, 3.05) is 66.6 Å². The highest BCUT2D eigenvalue weighted by molar-refractivity contribution is 8.01. The zero-order valence-corrected chi connectivity index (χ0v) is 27.3. The first-order valence-corrected chi connectivity index (χ1v) is 15.6. The molecule has 0 spiro atoms. The van der Waals surface area contributed by atoms with Crippen molar-refractivity contribution in [3.63, 3.8) is 0 Å². The molecule has 0 radical (unpaired) electrons. The summed E-state index contributed by atoms with van der Waals surface area (Å²) in [6.45, 7) is 3.85. The van der Waals surface area contributed by atoms with E-state index in [0.29, 0.717) is 23.7 Å². The van der Waals surface area contributed by atoms with Gasteiger partial charge in [-0.2, -0.15) is 0 Å². The van der Waals surface area contributed by atoms with E-state index in [2.05, 4.69) is 23.3 Å². The predicted octanol–water partition coefficient (Wildman–Crippen LogP) is 5.15. The summed E-state index contributed by atoms with van der Waals surface area (Å²) in [6.07, 6.45) is 2.69. The molecule has 1 heterocycles. The number of carbonyl (C=O) groups is 2. The monoisotopic (exact) mass is 621 g/mol. The van der Waals surface area contributed by atoms with Crippen LogP contribution in [0.25, 0.3) is 0 Å². The van der Waals surface area contributed by atoms with E-state index in [1.54, 1.807) is 33.3 Å². The molecule has 3 aromatic rings. The number of hydrogen-bond donors (Lipinski definition) is 1. The van der Waals surface area contributed by atoms with Crippen LogP contribution in [0.1, 0.15) is 30.9 Å². The van der Waals surface area contributed by atoms with Crippen LogP contribution < -0.4 is 29.2 Å². The highest BCUT2D eigenvalue weighted by Crippen LogP contribution is 2.51. The van der Waals surface area contributed by atoms with Crippen molar-refractivity contribution < 1.29 is 28.5 Å². The number of hydrogen-bond acceptors (Lipinski definition) is 9. The Labute approximate surface area is 264 Å². The van der Waals surface area contributed by atoms with Gasteiger partial charge in [-0.15, -0.1) is 0 Å². The van der Waals surface area contributed by atoms with Gasteiger partial charge in [0.15, 0.2) is 16.4 Å². The molecule has 1 aliphatic rings. The number of likely N-dealkylation sites (N-methyl/N-ethyl adjacent to an activating group) is 2. The van der Waals surface area contributed by atoms with Gasteiger partial charge >= 0.3 is 0 Å². The second-order valence-corrected chi connectivity index (χ2v) is 12.1. The Morgan fingerprint density at radius 3 is 2.41 bits per heavy atom.